The molecule has 1 saturated carbocycles. The molecule has 1 unspecified atom stereocenters. The summed E-state index contributed by atoms with van der Waals surface area (Å²) in [5, 5.41) is 13.9. The molecular weight excluding hydrogens is 553 g/mol. The summed E-state index contributed by atoms with van der Waals surface area (Å²) in [6.45, 7) is 6.15. The van der Waals surface area contributed by atoms with Gasteiger partial charge in [0, 0.05) is 41.9 Å². The predicted molar refractivity (Wildman–Crippen MR) is 142 cm³/mol. The summed E-state index contributed by atoms with van der Waals surface area (Å²) in [5.41, 5.74) is 0.954. The smallest absolute Gasteiger partial charge is 0.306 e. The first-order valence-electron chi connectivity index (χ1n) is 12.2. The van der Waals surface area contributed by atoms with Crippen molar-refractivity contribution in [1.82, 2.24) is 14.9 Å². The van der Waals surface area contributed by atoms with Gasteiger partial charge in [0.2, 0.25) is 5.95 Å². The minimum Gasteiger partial charge on any atom is -0.481 e. The zero-order valence-corrected chi connectivity index (χ0v) is 22.7. The zero-order chi connectivity index (χ0) is 24.7. The minimum atomic E-state index is -0.640. The van der Waals surface area contributed by atoms with Gasteiger partial charge >= 0.3 is 5.97 Å². The summed E-state index contributed by atoms with van der Waals surface area (Å²) in [5.74, 6) is 1.97. The second-order valence-electron chi connectivity index (χ2n) is 10.1. The number of nitrogens with one attached hydrogen (secondary N) is 1. The minimum absolute atomic E-state index is 0.0524. The van der Waals surface area contributed by atoms with Gasteiger partial charge in [-0.2, -0.15) is 4.98 Å². The van der Waals surface area contributed by atoms with Crippen LogP contribution in [0.3, 0.4) is 0 Å². The Morgan fingerprint density at radius 3 is 2.71 bits per heavy atom. The van der Waals surface area contributed by atoms with E-state index < -0.39 is 5.97 Å². The first-order valence-corrected chi connectivity index (χ1v) is 13.8. The van der Waals surface area contributed by atoms with Crippen molar-refractivity contribution in [2.24, 2.45) is 17.8 Å². The van der Waals surface area contributed by atoms with E-state index >= 15 is 0 Å². The van der Waals surface area contributed by atoms with Gasteiger partial charge in [-0.15, -0.1) is 0 Å². The molecule has 35 heavy (non-hydrogen) atoms. The number of hydrogen-bond donors (Lipinski definition) is 2. The summed E-state index contributed by atoms with van der Waals surface area (Å²) in [6.07, 6.45) is 5.86. The molecule has 2 N–H and O–H groups in total. The van der Waals surface area contributed by atoms with Crippen LogP contribution in [0.2, 0.25) is 10.0 Å². The molecule has 0 spiro atoms. The van der Waals surface area contributed by atoms with Gasteiger partial charge < -0.3 is 20.2 Å². The third kappa shape index (κ3) is 5.41. The number of aromatic nitrogens is 2. The zero-order valence-electron chi connectivity index (χ0n) is 19.6. The Labute approximate surface area is 224 Å². The van der Waals surface area contributed by atoms with Crippen molar-refractivity contribution in [2.45, 2.75) is 44.7 Å². The van der Waals surface area contributed by atoms with Gasteiger partial charge in [0.05, 0.1) is 16.4 Å². The van der Waals surface area contributed by atoms with Crippen LogP contribution >= 0.6 is 39.1 Å². The highest BCUT2D eigenvalue weighted by atomic mass is 79.9. The van der Waals surface area contributed by atoms with Gasteiger partial charge in [0.25, 0.3) is 0 Å². The lowest BCUT2D eigenvalue weighted by atomic mass is 9.76. The molecule has 0 bridgehead atoms. The molecular formula is C25H30BrCl2N5O2. The average Bonchev–Trinajstić information content (AvgIpc) is 2.74. The number of carboxylic acid groups (broad SMARTS) is 1. The summed E-state index contributed by atoms with van der Waals surface area (Å²) >= 11 is 16.0. The fourth-order valence-corrected chi connectivity index (χ4v) is 6.44. The lowest BCUT2D eigenvalue weighted by Gasteiger charge is -2.50. The molecule has 5 rings (SSSR count). The lowest BCUT2D eigenvalue weighted by Crippen LogP contribution is -2.56. The number of halogens is 3. The highest BCUT2D eigenvalue weighted by molar-refractivity contribution is 9.10. The number of nitrogens with zero attached hydrogens (tertiary/aromatic N) is 4. The Bertz CT molecular complexity index is 1090. The molecule has 0 amide bonds. The number of piperidine rings is 1. The third-order valence-electron chi connectivity index (χ3n) is 7.84. The average molecular weight is 583 g/mol. The third-order valence-corrected chi connectivity index (χ3v) is 8.98. The Hall–Kier alpha value is -1.61. The molecule has 0 radical (unpaired) electrons. The largest absolute Gasteiger partial charge is 0.481 e. The number of likely N-dealkylation sites (tertiary alicyclic amines) is 1. The van der Waals surface area contributed by atoms with Crippen LogP contribution in [0.5, 0.6) is 0 Å². The molecule has 3 heterocycles. The molecule has 3 fully saturated rings. The van der Waals surface area contributed by atoms with Crippen LogP contribution in [0.1, 0.15) is 44.2 Å². The maximum absolute atomic E-state index is 11.2. The summed E-state index contributed by atoms with van der Waals surface area (Å²) < 4.78 is 0.804. The molecule has 188 valence electrons. The predicted octanol–water partition coefficient (Wildman–Crippen LogP) is 5.73. The maximum Gasteiger partial charge on any atom is 0.306 e. The van der Waals surface area contributed by atoms with Crippen LogP contribution in [0.25, 0.3) is 0 Å². The Morgan fingerprint density at radius 1 is 1.23 bits per heavy atom. The van der Waals surface area contributed by atoms with Crippen molar-refractivity contribution in [2.75, 3.05) is 36.4 Å². The van der Waals surface area contributed by atoms with Gasteiger partial charge in [0.1, 0.15) is 5.82 Å². The molecule has 10 heteroatoms. The number of anilines is 2. The first kappa shape index (κ1) is 25.1. The molecule has 2 aliphatic heterocycles. The van der Waals surface area contributed by atoms with E-state index in [2.05, 4.69) is 36.0 Å². The molecule has 1 aromatic carbocycles. The van der Waals surface area contributed by atoms with Crippen molar-refractivity contribution in [1.29, 1.82) is 0 Å². The van der Waals surface area contributed by atoms with E-state index in [1.165, 1.54) is 12.8 Å². The van der Waals surface area contributed by atoms with Crippen molar-refractivity contribution in [3.63, 3.8) is 0 Å². The SMILES string of the molecule is C[C@@H](Nc1nc(N2CC(C3CCCN(C4CC(C(=O)O)C4)C3)C2)ncc1Br)c1ccc(Cl)cc1Cl. The Balaban J connectivity index is 1.17. The van der Waals surface area contributed by atoms with E-state index in [4.69, 9.17) is 28.2 Å². The fourth-order valence-electron chi connectivity index (χ4n) is 5.57. The number of benzene rings is 1. The number of carbonyl (C=O) groups is 1. The van der Waals surface area contributed by atoms with Crippen LogP contribution < -0.4 is 10.2 Å². The molecule has 1 aromatic heterocycles. The standard InChI is InChI=1S/C25H30BrCl2N5O2/c1-14(20-5-4-18(27)9-22(20)28)30-23-21(26)10-29-25(31-23)33-12-17(13-33)15-3-2-6-32(11-15)19-7-16(8-19)24(34)35/h4-5,9-10,14-17,19H,2-3,6-8,11-13H2,1H3,(H,34,35)(H,29,30,31)/t14-,15?,16?,19?/m1/s1. The summed E-state index contributed by atoms with van der Waals surface area (Å²) in [6, 6.07) is 5.91. The molecule has 3 aliphatic rings. The highest BCUT2D eigenvalue weighted by Crippen LogP contribution is 2.38. The van der Waals surface area contributed by atoms with Gasteiger partial charge in [-0.1, -0.05) is 29.3 Å². The van der Waals surface area contributed by atoms with E-state index in [9.17, 15) is 9.90 Å². The molecule has 1 aliphatic carbocycles. The van der Waals surface area contributed by atoms with Crippen molar-refractivity contribution in [3.8, 4) is 0 Å². The van der Waals surface area contributed by atoms with Gasteiger partial charge in [-0.25, -0.2) is 4.98 Å². The maximum atomic E-state index is 11.2. The molecule has 2 saturated heterocycles. The number of rotatable bonds is 7. The second-order valence-corrected chi connectivity index (χ2v) is 11.8. The van der Waals surface area contributed by atoms with Gasteiger partial charge in [-0.05, 0) is 84.6 Å². The normalized spacial score (nSPS) is 26.1. The molecule has 2 aromatic rings. The van der Waals surface area contributed by atoms with E-state index in [-0.39, 0.29) is 12.0 Å². The van der Waals surface area contributed by atoms with Crippen LogP contribution in [-0.4, -0.2) is 58.2 Å². The first-order chi connectivity index (χ1) is 16.8. The van der Waals surface area contributed by atoms with Crippen molar-refractivity contribution in [3.05, 3.63) is 44.5 Å². The molecule has 2 atom stereocenters. The van der Waals surface area contributed by atoms with Crippen LogP contribution in [-0.2, 0) is 4.79 Å². The summed E-state index contributed by atoms with van der Waals surface area (Å²) in [4.78, 5) is 25.3. The van der Waals surface area contributed by atoms with Crippen LogP contribution in [0.15, 0.2) is 28.9 Å². The van der Waals surface area contributed by atoms with E-state index in [0.29, 0.717) is 27.9 Å². The fraction of sp³-hybridized carbons (Fsp3) is 0.560. The van der Waals surface area contributed by atoms with Crippen LogP contribution in [0, 0.1) is 17.8 Å². The monoisotopic (exact) mass is 581 g/mol. The Morgan fingerprint density at radius 2 is 2.00 bits per heavy atom. The van der Waals surface area contributed by atoms with Crippen molar-refractivity contribution >= 4 is 56.9 Å². The summed E-state index contributed by atoms with van der Waals surface area (Å²) in [7, 11) is 0. The second kappa shape index (κ2) is 10.4. The number of aliphatic carboxylic acids is 1. The van der Waals surface area contributed by atoms with Crippen molar-refractivity contribution < 1.29 is 9.90 Å². The number of hydrogen-bond acceptors (Lipinski definition) is 6. The van der Waals surface area contributed by atoms with Crippen LogP contribution in [0.4, 0.5) is 11.8 Å². The topological polar surface area (TPSA) is 81.6 Å². The number of carboxylic acids is 1. The molecule has 7 nitrogen and oxygen atoms in total. The van der Waals surface area contributed by atoms with E-state index in [0.717, 1.165) is 60.8 Å². The van der Waals surface area contributed by atoms with E-state index in [1.54, 1.807) is 12.3 Å². The van der Waals surface area contributed by atoms with Gasteiger partial charge in [0.15, 0.2) is 0 Å². The Kier molecular flexibility index (Phi) is 7.45. The quantitative estimate of drug-likeness (QED) is 0.431. The van der Waals surface area contributed by atoms with Gasteiger partial charge in [-0.3, -0.25) is 4.79 Å². The van der Waals surface area contributed by atoms with E-state index in [1.807, 2.05) is 19.1 Å². The lowest BCUT2D eigenvalue weighted by molar-refractivity contribution is -0.147. The highest BCUT2D eigenvalue weighted by Gasteiger charge is 2.42.